The molecule has 0 atom stereocenters. The number of amides is 1. The van der Waals surface area contributed by atoms with E-state index in [0.29, 0.717) is 17.1 Å². The molecule has 0 aliphatic rings. The van der Waals surface area contributed by atoms with E-state index in [1.807, 2.05) is 0 Å². The van der Waals surface area contributed by atoms with Gasteiger partial charge < -0.3 is 9.47 Å². The Balaban J connectivity index is 2.02. The van der Waals surface area contributed by atoms with Crippen LogP contribution in [0.1, 0.15) is 11.1 Å². The molecule has 2 rings (SSSR count). The SMILES string of the molecule is COc1ccc(OC)c(CC(=O)NNc2cccc(C(F)(F)F)c2)c1. The highest BCUT2D eigenvalue weighted by Gasteiger charge is 2.30. The summed E-state index contributed by atoms with van der Waals surface area (Å²) < 4.78 is 48.3. The summed E-state index contributed by atoms with van der Waals surface area (Å²) in [4.78, 5) is 12.0. The van der Waals surface area contributed by atoms with Crippen LogP contribution in [0.15, 0.2) is 42.5 Å². The van der Waals surface area contributed by atoms with Gasteiger partial charge in [0.1, 0.15) is 11.5 Å². The monoisotopic (exact) mass is 354 g/mol. The van der Waals surface area contributed by atoms with Crippen molar-refractivity contribution in [3.05, 3.63) is 53.6 Å². The third-order valence-corrected chi connectivity index (χ3v) is 3.37. The molecule has 8 heteroatoms. The van der Waals surface area contributed by atoms with Crippen molar-refractivity contribution in [3.8, 4) is 11.5 Å². The van der Waals surface area contributed by atoms with Gasteiger partial charge in [-0.05, 0) is 36.4 Å². The number of hydrogen-bond donors (Lipinski definition) is 2. The molecule has 0 heterocycles. The molecule has 2 aromatic carbocycles. The minimum atomic E-state index is -4.45. The molecular weight excluding hydrogens is 337 g/mol. The molecule has 2 N–H and O–H groups in total. The average molecular weight is 354 g/mol. The Morgan fingerprint density at radius 3 is 2.48 bits per heavy atom. The summed E-state index contributed by atoms with van der Waals surface area (Å²) in [5, 5.41) is 0. The van der Waals surface area contributed by atoms with E-state index in [9.17, 15) is 18.0 Å². The number of benzene rings is 2. The number of carbonyl (C=O) groups is 1. The van der Waals surface area contributed by atoms with Crippen LogP contribution in [0.4, 0.5) is 18.9 Å². The van der Waals surface area contributed by atoms with Gasteiger partial charge in [-0.1, -0.05) is 6.07 Å². The number of hydrazine groups is 1. The van der Waals surface area contributed by atoms with Gasteiger partial charge in [0.25, 0.3) is 0 Å². The van der Waals surface area contributed by atoms with E-state index in [4.69, 9.17) is 9.47 Å². The molecule has 5 nitrogen and oxygen atoms in total. The number of nitrogens with one attached hydrogen (secondary N) is 2. The molecule has 25 heavy (non-hydrogen) atoms. The fourth-order valence-corrected chi connectivity index (χ4v) is 2.15. The van der Waals surface area contributed by atoms with Crippen molar-refractivity contribution in [2.75, 3.05) is 19.6 Å². The Morgan fingerprint density at radius 2 is 1.84 bits per heavy atom. The minimum absolute atomic E-state index is 0.0354. The quantitative estimate of drug-likeness (QED) is 0.781. The largest absolute Gasteiger partial charge is 0.497 e. The smallest absolute Gasteiger partial charge is 0.416 e. The van der Waals surface area contributed by atoms with Crippen molar-refractivity contribution in [2.45, 2.75) is 12.6 Å². The summed E-state index contributed by atoms with van der Waals surface area (Å²) in [7, 11) is 2.98. The Labute approximate surface area is 142 Å². The molecule has 0 radical (unpaired) electrons. The van der Waals surface area contributed by atoms with Crippen LogP contribution in [0.25, 0.3) is 0 Å². The lowest BCUT2D eigenvalue weighted by atomic mass is 10.1. The Morgan fingerprint density at radius 1 is 1.08 bits per heavy atom. The Kier molecular flexibility index (Phi) is 5.74. The standard InChI is InChI=1S/C17H17F3N2O3/c1-24-14-6-7-15(25-2)11(8-14)9-16(23)22-21-13-5-3-4-12(10-13)17(18,19)20/h3-8,10,21H,9H2,1-2H3,(H,22,23). The average Bonchev–Trinajstić information content (AvgIpc) is 2.59. The second kappa shape index (κ2) is 7.78. The molecule has 0 fully saturated rings. The molecule has 0 bridgehead atoms. The zero-order valence-electron chi connectivity index (χ0n) is 13.6. The molecule has 2 aromatic rings. The van der Waals surface area contributed by atoms with Gasteiger partial charge in [0.2, 0.25) is 5.91 Å². The number of rotatable bonds is 6. The van der Waals surface area contributed by atoms with E-state index in [2.05, 4.69) is 10.9 Å². The van der Waals surface area contributed by atoms with Gasteiger partial charge >= 0.3 is 6.18 Å². The second-order valence-electron chi connectivity index (χ2n) is 5.11. The molecule has 0 saturated carbocycles. The first kappa shape index (κ1) is 18.4. The van der Waals surface area contributed by atoms with Crippen molar-refractivity contribution in [1.82, 2.24) is 5.43 Å². The normalized spacial score (nSPS) is 10.9. The third-order valence-electron chi connectivity index (χ3n) is 3.37. The van der Waals surface area contributed by atoms with Crippen molar-refractivity contribution in [3.63, 3.8) is 0 Å². The molecule has 0 unspecified atom stereocenters. The summed E-state index contributed by atoms with van der Waals surface area (Å²) >= 11 is 0. The lowest BCUT2D eigenvalue weighted by Crippen LogP contribution is -2.31. The number of methoxy groups -OCH3 is 2. The number of carbonyl (C=O) groups excluding carboxylic acids is 1. The van der Waals surface area contributed by atoms with Crippen LogP contribution in [0.2, 0.25) is 0 Å². The maximum absolute atomic E-state index is 12.7. The fourth-order valence-electron chi connectivity index (χ4n) is 2.15. The fraction of sp³-hybridized carbons (Fsp3) is 0.235. The van der Waals surface area contributed by atoms with E-state index in [1.54, 1.807) is 18.2 Å². The van der Waals surface area contributed by atoms with E-state index < -0.39 is 17.6 Å². The first-order chi connectivity index (χ1) is 11.8. The third kappa shape index (κ3) is 5.03. The zero-order valence-corrected chi connectivity index (χ0v) is 13.6. The van der Waals surface area contributed by atoms with Gasteiger partial charge in [0.05, 0.1) is 31.9 Å². The van der Waals surface area contributed by atoms with Crippen molar-refractivity contribution >= 4 is 11.6 Å². The lowest BCUT2D eigenvalue weighted by Gasteiger charge is -2.13. The van der Waals surface area contributed by atoms with Crippen LogP contribution in [-0.4, -0.2) is 20.1 Å². The van der Waals surface area contributed by atoms with E-state index in [-0.39, 0.29) is 12.1 Å². The zero-order chi connectivity index (χ0) is 18.4. The predicted molar refractivity (Wildman–Crippen MR) is 86.5 cm³/mol. The molecule has 134 valence electrons. The van der Waals surface area contributed by atoms with Crippen LogP contribution >= 0.6 is 0 Å². The first-order valence-corrected chi connectivity index (χ1v) is 7.26. The van der Waals surface area contributed by atoms with Gasteiger partial charge in [-0.25, -0.2) is 0 Å². The highest BCUT2D eigenvalue weighted by molar-refractivity contribution is 5.80. The predicted octanol–water partition coefficient (Wildman–Crippen LogP) is 3.41. The van der Waals surface area contributed by atoms with Crippen LogP contribution in [-0.2, 0) is 17.4 Å². The Hall–Kier alpha value is -2.90. The van der Waals surface area contributed by atoms with Gasteiger partial charge in [-0.3, -0.25) is 15.6 Å². The number of hydrogen-bond acceptors (Lipinski definition) is 4. The summed E-state index contributed by atoms with van der Waals surface area (Å²) in [6.07, 6.45) is -4.48. The molecular formula is C17H17F3N2O3. The van der Waals surface area contributed by atoms with Crippen LogP contribution in [0.3, 0.4) is 0 Å². The summed E-state index contributed by atoms with van der Waals surface area (Å²) in [6, 6.07) is 9.55. The summed E-state index contributed by atoms with van der Waals surface area (Å²) in [6.45, 7) is 0. The Bertz CT molecular complexity index is 748. The molecule has 0 saturated heterocycles. The van der Waals surface area contributed by atoms with Crippen LogP contribution in [0, 0.1) is 0 Å². The van der Waals surface area contributed by atoms with Gasteiger partial charge in [-0.15, -0.1) is 0 Å². The maximum atomic E-state index is 12.7. The highest BCUT2D eigenvalue weighted by Crippen LogP contribution is 2.30. The van der Waals surface area contributed by atoms with Crippen molar-refractivity contribution in [1.29, 1.82) is 0 Å². The molecule has 0 aliphatic carbocycles. The minimum Gasteiger partial charge on any atom is -0.497 e. The van der Waals surface area contributed by atoms with Crippen molar-refractivity contribution < 1.29 is 27.4 Å². The van der Waals surface area contributed by atoms with E-state index >= 15 is 0 Å². The van der Waals surface area contributed by atoms with Gasteiger partial charge in [0, 0.05) is 5.56 Å². The van der Waals surface area contributed by atoms with Crippen LogP contribution < -0.4 is 20.3 Å². The topological polar surface area (TPSA) is 59.6 Å². The summed E-state index contributed by atoms with van der Waals surface area (Å²) in [5.74, 6) is 0.633. The molecule has 1 amide bonds. The van der Waals surface area contributed by atoms with E-state index in [0.717, 1.165) is 12.1 Å². The van der Waals surface area contributed by atoms with Crippen molar-refractivity contribution in [2.24, 2.45) is 0 Å². The molecule has 0 aliphatic heterocycles. The lowest BCUT2D eigenvalue weighted by molar-refractivity contribution is -0.137. The number of anilines is 1. The van der Waals surface area contributed by atoms with Crippen LogP contribution in [0.5, 0.6) is 11.5 Å². The van der Waals surface area contributed by atoms with Gasteiger partial charge in [0.15, 0.2) is 0 Å². The molecule has 0 spiro atoms. The second-order valence-corrected chi connectivity index (χ2v) is 5.11. The molecule has 0 aromatic heterocycles. The maximum Gasteiger partial charge on any atom is 0.416 e. The first-order valence-electron chi connectivity index (χ1n) is 7.26. The van der Waals surface area contributed by atoms with Gasteiger partial charge in [-0.2, -0.15) is 13.2 Å². The highest BCUT2D eigenvalue weighted by atomic mass is 19.4. The van der Waals surface area contributed by atoms with E-state index in [1.165, 1.54) is 26.4 Å². The number of ether oxygens (including phenoxy) is 2. The summed E-state index contributed by atoms with van der Waals surface area (Å²) in [5.41, 5.74) is 4.74. The number of halogens is 3. The number of alkyl halides is 3.